The zero-order valence-corrected chi connectivity index (χ0v) is 14.1. The largest absolute Gasteiger partial charge is 0.482 e. The number of pyridine rings is 1. The van der Waals surface area contributed by atoms with Gasteiger partial charge in [-0.25, -0.2) is 4.98 Å². The summed E-state index contributed by atoms with van der Waals surface area (Å²) in [4.78, 5) is 4.56. The molecular formula is C20H17N3O2. The van der Waals surface area contributed by atoms with E-state index in [9.17, 15) is 0 Å². The number of nitrogens with zero attached hydrogens (tertiary/aromatic N) is 3. The first-order valence-electron chi connectivity index (χ1n) is 8.08. The predicted molar refractivity (Wildman–Crippen MR) is 95.3 cm³/mol. The van der Waals surface area contributed by atoms with Crippen molar-refractivity contribution in [3.05, 3.63) is 71.7 Å². The number of rotatable bonds is 4. The minimum Gasteiger partial charge on any atom is -0.482 e. The van der Waals surface area contributed by atoms with Gasteiger partial charge in [0.25, 0.3) is 5.89 Å². The molecule has 0 aliphatic rings. The van der Waals surface area contributed by atoms with Crippen LogP contribution < -0.4 is 4.74 Å². The van der Waals surface area contributed by atoms with Crippen LogP contribution in [0.25, 0.3) is 22.4 Å². The predicted octanol–water partition coefficient (Wildman–Crippen LogP) is 4.48. The van der Waals surface area contributed by atoms with Crippen molar-refractivity contribution in [2.24, 2.45) is 0 Å². The normalized spacial score (nSPS) is 11.0. The molecule has 5 nitrogen and oxygen atoms in total. The van der Waals surface area contributed by atoms with E-state index in [1.807, 2.05) is 68.4 Å². The second-order valence-corrected chi connectivity index (χ2v) is 5.94. The topological polar surface area (TPSA) is 61.0 Å². The van der Waals surface area contributed by atoms with Gasteiger partial charge in [0.2, 0.25) is 5.89 Å². The fourth-order valence-corrected chi connectivity index (χ4v) is 2.60. The Morgan fingerprint density at radius 3 is 2.60 bits per heavy atom. The van der Waals surface area contributed by atoms with Gasteiger partial charge >= 0.3 is 0 Å². The molecule has 0 N–H and O–H groups in total. The van der Waals surface area contributed by atoms with Gasteiger partial charge < -0.3 is 9.15 Å². The van der Waals surface area contributed by atoms with Gasteiger partial charge in [-0.05, 0) is 38.1 Å². The van der Waals surface area contributed by atoms with Crippen molar-refractivity contribution in [1.82, 2.24) is 15.2 Å². The molecular weight excluding hydrogens is 314 g/mol. The number of aryl methyl sites for hydroxylation is 2. The van der Waals surface area contributed by atoms with Crippen molar-refractivity contribution in [2.45, 2.75) is 20.5 Å². The Labute approximate surface area is 145 Å². The third-order valence-electron chi connectivity index (χ3n) is 3.94. The maximum Gasteiger partial charge on any atom is 0.254 e. The van der Waals surface area contributed by atoms with Crippen LogP contribution in [0.2, 0.25) is 0 Å². The Kier molecular flexibility index (Phi) is 3.90. The molecule has 0 aliphatic heterocycles. The molecule has 2 aromatic heterocycles. The van der Waals surface area contributed by atoms with Crippen LogP contribution in [-0.2, 0) is 6.61 Å². The van der Waals surface area contributed by atoms with Crippen molar-refractivity contribution in [1.29, 1.82) is 0 Å². The lowest BCUT2D eigenvalue weighted by Gasteiger charge is -2.07. The highest BCUT2D eigenvalue weighted by atomic mass is 16.5. The van der Waals surface area contributed by atoms with E-state index >= 15 is 0 Å². The number of benzene rings is 2. The number of para-hydroxylation sites is 1. The number of aromatic nitrogens is 3. The molecule has 0 radical (unpaired) electrons. The van der Waals surface area contributed by atoms with Crippen LogP contribution >= 0.6 is 0 Å². The molecule has 0 unspecified atom stereocenters. The van der Waals surface area contributed by atoms with E-state index in [1.165, 1.54) is 5.56 Å². The molecule has 0 saturated heterocycles. The standard InChI is InChI=1S/C20H17N3O2/c1-13-6-9-16(10-7-13)20-23-22-18(25-20)12-24-17-5-3-4-15-11-8-14(2)21-19(15)17/h3-11H,12H2,1-2H3. The summed E-state index contributed by atoms with van der Waals surface area (Å²) in [6.07, 6.45) is 0. The minimum absolute atomic E-state index is 0.202. The van der Waals surface area contributed by atoms with Crippen LogP contribution in [0.5, 0.6) is 5.75 Å². The van der Waals surface area contributed by atoms with Gasteiger partial charge in [0.1, 0.15) is 11.3 Å². The molecule has 2 heterocycles. The first kappa shape index (κ1) is 15.3. The molecule has 0 bridgehead atoms. The van der Waals surface area contributed by atoms with Gasteiger partial charge in [0, 0.05) is 16.6 Å². The molecule has 0 fully saturated rings. The van der Waals surface area contributed by atoms with E-state index in [0.29, 0.717) is 17.5 Å². The third kappa shape index (κ3) is 3.21. The molecule has 0 spiro atoms. The highest BCUT2D eigenvalue weighted by Gasteiger charge is 2.10. The van der Waals surface area contributed by atoms with Crippen LogP contribution in [0, 0.1) is 13.8 Å². The molecule has 0 aliphatic carbocycles. The summed E-state index contributed by atoms with van der Waals surface area (Å²) in [7, 11) is 0. The summed E-state index contributed by atoms with van der Waals surface area (Å²) >= 11 is 0. The van der Waals surface area contributed by atoms with E-state index in [2.05, 4.69) is 15.2 Å². The Balaban J connectivity index is 1.54. The van der Waals surface area contributed by atoms with Crippen molar-refractivity contribution in [2.75, 3.05) is 0 Å². The smallest absolute Gasteiger partial charge is 0.254 e. The second kappa shape index (κ2) is 6.36. The van der Waals surface area contributed by atoms with E-state index in [1.54, 1.807) is 0 Å². The molecule has 124 valence electrons. The molecule has 0 saturated carbocycles. The van der Waals surface area contributed by atoms with Crippen molar-refractivity contribution in [3.63, 3.8) is 0 Å². The average Bonchev–Trinajstić information content (AvgIpc) is 3.09. The van der Waals surface area contributed by atoms with E-state index in [-0.39, 0.29) is 6.61 Å². The molecule has 4 aromatic rings. The monoisotopic (exact) mass is 331 g/mol. The highest BCUT2D eigenvalue weighted by molar-refractivity contribution is 5.84. The van der Waals surface area contributed by atoms with Crippen molar-refractivity contribution >= 4 is 10.9 Å². The van der Waals surface area contributed by atoms with Crippen LogP contribution in [0.1, 0.15) is 17.1 Å². The van der Waals surface area contributed by atoms with Crippen LogP contribution in [0.4, 0.5) is 0 Å². The second-order valence-electron chi connectivity index (χ2n) is 5.94. The Morgan fingerprint density at radius 2 is 1.76 bits per heavy atom. The van der Waals surface area contributed by atoms with Crippen LogP contribution in [-0.4, -0.2) is 15.2 Å². The number of hydrogen-bond acceptors (Lipinski definition) is 5. The number of ether oxygens (including phenoxy) is 1. The van der Waals surface area contributed by atoms with Crippen LogP contribution in [0.15, 0.2) is 59.0 Å². The lowest BCUT2D eigenvalue weighted by atomic mass is 10.1. The SMILES string of the molecule is Cc1ccc(-c2nnc(COc3cccc4ccc(C)nc34)o2)cc1. The summed E-state index contributed by atoms with van der Waals surface area (Å²) in [5, 5.41) is 9.19. The van der Waals surface area contributed by atoms with Crippen molar-refractivity contribution < 1.29 is 9.15 Å². The molecule has 0 atom stereocenters. The van der Waals surface area contributed by atoms with Gasteiger partial charge in [-0.3, -0.25) is 0 Å². The number of fused-ring (bicyclic) bond motifs is 1. The third-order valence-corrected chi connectivity index (χ3v) is 3.94. The summed E-state index contributed by atoms with van der Waals surface area (Å²) in [5.41, 5.74) is 3.86. The van der Waals surface area contributed by atoms with Crippen LogP contribution in [0.3, 0.4) is 0 Å². The zero-order valence-electron chi connectivity index (χ0n) is 14.1. The summed E-state index contributed by atoms with van der Waals surface area (Å²) in [6, 6.07) is 17.8. The summed E-state index contributed by atoms with van der Waals surface area (Å²) in [6.45, 7) is 4.20. The molecule has 4 rings (SSSR count). The fraction of sp³-hybridized carbons (Fsp3) is 0.150. The first-order chi connectivity index (χ1) is 12.2. The van der Waals surface area contributed by atoms with Gasteiger partial charge in [-0.15, -0.1) is 10.2 Å². The quantitative estimate of drug-likeness (QED) is 0.552. The lowest BCUT2D eigenvalue weighted by molar-refractivity contribution is 0.267. The average molecular weight is 331 g/mol. The Bertz CT molecular complexity index is 1020. The first-order valence-corrected chi connectivity index (χ1v) is 8.08. The summed E-state index contributed by atoms with van der Waals surface area (Å²) < 4.78 is 11.6. The highest BCUT2D eigenvalue weighted by Crippen LogP contribution is 2.25. The van der Waals surface area contributed by atoms with Crippen molar-refractivity contribution in [3.8, 4) is 17.2 Å². The lowest BCUT2D eigenvalue weighted by Crippen LogP contribution is -1.97. The zero-order chi connectivity index (χ0) is 17.2. The molecule has 0 amide bonds. The fourth-order valence-electron chi connectivity index (χ4n) is 2.60. The van der Waals surface area contributed by atoms with E-state index in [0.717, 1.165) is 22.2 Å². The van der Waals surface area contributed by atoms with Gasteiger partial charge in [-0.2, -0.15) is 0 Å². The summed E-state index contributed by atoms with van der Waals surface area (Å²) in [5.74, 6) is 1.63. The maximum absolute atomic E-state index is 5.87. The Morgan fingerprint density at radius 1 is 0.920 bits per heavy atom. The molecule has 5 heteroatoms. The minimum atomic E-state index is 0.202. The van der Waals surface area contributed by atoms with E-state index in [4.69, 9.17) is 9.15 Å². The van der Waals surface area contributed by atoms with E-state index < -0.39 is 0 Å². The number of hydrogen-bond donors (Lipinski definition) is 0. The Hall–Kier alpha value is -3.21. The van der Waals surface area contributed by atoms with Gasteiger partial charge in [-0.1, -0.05) is 35.9 Å². The van der Waals surface area contributed by atoms with Gasteiger partial charge in [0.15, 0.2) is 6.61 Å². The molecule has 25 heavy (non-hydrogen) atoms. The van der Waals surface area contributed by atoms with Gasteiger partial charge in [0.05, 0.1) is 0 Å². The maximum atomic E-state index is 5.87. The molecule has 2 aromatic carbocycles.